The van der Waals surface area contributed by atoms with Gasteiger partial charge in [-0.15, -0.1) is 0 Å². The predicted octanol–water partition coefficient (Wildman–Crippen LogP) is 2.09. The number of nitrogens with two attached hydrogens (primary N) is 1. The molecular weight excluding hydrogens is 167 g/mol. The Kier molecular flexibility index (Phi) is 2.46. The third kappa shape index (κ3) is 1.80. The first-order valence-corrected chi connectivity index (χ1v) is 3.92. The van der Waals surface area contributed by atoms with Gasteiger partial charge in [-0.05, 0) is 12.3 Å². The van der Waals surface area contributed by atoms with Gasteiger partial charge in [0.2, 0.25) is 0 Å². The average Bonchev–Trinajstić information content (AvgIpc) is 1.92. The lowest BCUT2D eigenvalue weighted by Gasteiger charge is -2.30. The fourth-order valence-corrected chi connectivity index (χ4v) is 1.41. The number of allylic oxidation sites excluding steroid dienone is 1. The van der Waals surface area contributed by atoms with E-state index in [0.29, 0.717) is 6.42 Å². The third-order valence-corrected chi connectivity index (χ3v) is 2.30. The molecule has 0 heterocycles. The molecule has 1 nitrogen and oxygen atoms in total. The van der Waals surface area contributed by atoms with Gasteiger partial charge in [-0.2, -0.15) is 13.2 Å². The molecule has 0 fully saturated rings. The van der Waals surface area contributed by atoms with Crippen molar-refractivity contribution in [3.63, 3.8) is 0 Å². The van der Waals surface area contributed by atoms with Gasteiger partial charge in [0, 0.05) is 6.04 Å². The summed E-state index contributed by atoms with van der Waals surface area (Å²) in [5.41, 5.74) is 5.44. The first-order chi connectivity index (χ1) is 5.43. The molecule has 0 aromatic rings. The largest absolute Gasteiger partial charge is 0.396 e. The van der Waals surface area contributed by atoms with Crippen molar-refractivity contribution in [3.8, 4) is 0 Å². The van der Waals surface area contributed by atoms with Gasteiger partial charge in [0.25, 0.3) is 0 Å². The number of alkyl halides is 3. The molecule has 0 aromatic heterocycles. The Morgan fingerprint density at radius 2 is 2.00 bits per heavy atom. The van der Waals surface area contributed by atoms with E-state index < -0.39 is 18.1 Å². The van der Waals surface area contributed by atoms with Crippen LogP contribution in [0.3, 0.4) is 0 Å². The summed E-state index contributed by atoms with van der Waals surface area (Å²) in [6, 6.07) is -0.782. The van der Waals surface area contributed by atoms with Crippen LogP contribution >= 0.6 is 0 Å². The molecule has 0 radical (unpaired) electrons. The molecule has 0 aromatic carbocycles. The van der Waals surface area contributed by atoms with Crippen LogP contribution in [0.25, 0.3) is 0 Å². The Morgan fingerprint density at radius 3 is 2.42 bits per heavy atom. The zero-order valence-corrected chi connectivity index (χ0v) is 6.81. The molecule has 3 unspecified atom stereocenters. The number of halogens is 3. The van der Waals surface area contributed by atoms with E-state index in [9.17, 15) is 13.2 Å². The highest BCUT2D eigenvalue weighted by Gasteiger charge is 2.44. The maximum absolute atomic E-state index is 12.2. The average molecular weight is 179 g/mol. The van der Waals surface area contributed by atoms with Crippen molar-refractivity contribution in [1.29, 1.82) is 0 Å². The van der Waals surface area contributed by atoms with Crippen molar-refractivity contribution in [2.75, 3.05) is 0 Å². The minimum Gasteiger partial charge on any atom is -0.327 e. The van der Waals surface area contributed by atoms with E-state index in [1.165, 1.54) is 6.08 Å². The lowest BCUT2D eigenvalue weighted by Crippen LogP contribution is -2.44. The lowest BCUT2D eigenvalue weighted by molar-refractivity contribution is -0.170. The molecule has 0 saturated heterocycles. The Hall–Kier alpha value is -0.510. The third-order valence-electron chi connectivity index (χ3n) is 2.30. The Morgan fingerprint density at radius 1 is 1.42 bits per heavy atom. The van der Waals surface area contributed by atoms with Gasteiger partial charge in [-0.3, -0.25) is 0 Å². The molecule has 4 heteroatoms. The van der Waals surface area contributed by atoms with E-state index in [-0.39, 0.29) is 5.92 Å². The minimum absolute atomic E-state index is 0.0818. The number of rotatable bonds is 0. The van der Waals surface area contributed by atoms with Crippen molar-refractivity contribution in [2.24, 2.45) is 17.6 Å². The molecule has 1 aliphatic rings. The second-order valence-corrected chi connectivity index (χ2v) is 3.29. The molecule has 0 spiro atoms. The minimum atomic E-state index is -4.19. The van der Waals surface area contributed by atoms with Crippen LogP contribution in [0.4, 0.5) is 13.2 Å². The van der Waals surface area contributed by atoms with Gasteiger partial charge in [0.1, 0.15) is 0 Å². The molecule has 3 atom stereocenters. The number of hydrogen-bond donors (Lipinski definition) is 1. The summed E-state index contributed by atoms with van der Waals surface area (Å²) in [5.74, 6) is -1.54. The lowest BCUT2D eigenvalue weighted by atomic mass is 9.83. The molecule has 1 aliphatic carbocycles. The van der Waals surface area contributed by atoms with Crippen molar-refractivity contribution >= 4 is 0 Å². The van der Waals surface area contributed by atoms with E-state index in [0.717, 1.165) is 0 Å². The summed E-state index contributed by atoms with van der Waals surface area (Å²) in [5, 5.41) is 0. The topological polar surface area (TPSA) is 26.0 Å². The fraction of sp³-hybridized carbons (Fsp3) is 0.750. The van der Waals surface area contributed by atoms with Crippen LogP contribution in [0.15, 0.2) is 12.2 Å². The van der Waals surface area contributed by atoms with E-state index in [1.54, 1.807) is 13.0 Å². The number of hydrogen-bond acceptors (Lipinski definition) is 1. The van der Waals surface area contributed by atoms with Crippen LogP contribution in [-0.2, 0) is 0 Å². The zero-order chi connectivity index (χ0) is 9.35. The highest BCUT2D eigenvalue weighted by Crippen LogP contribution is 2.35. The maximum Gasteiger partial charge on any atom is 0.396 e. The van der Waals surface area contributed by atoms with Crippen LogP contribution in [0.2, 0.25) is 0 Å². The normalized spacial score (nSPS) is 36.9. The first kappa shape index (κ1) is 9.58. The van der Waals surface area contributed by atoms with Crippen molar-refractivity contribution < 1.29 is 13.2 Å². The molecular formula is C8H12F3N. The van der Waals surface area contributed by atoms with E-state index in [1.807, 2.05) is 0 Å². The van der Waals surface area contributed by atoms with Crippen LogP contribution in [0.1, 0.15) is 13.3 Å². The van der Waals surface area contributed by atoms with Gasteiger partial charge in [-0.25, -0.2) is 0 Å². The summed E-state index contributed by atoms with van der Waals surface area (Å²) in [6.45, 7) is 1.74. The van der Waals surface area contributed by atoms with Gasteiger partial charge < -0.3 is 5.73 Å². The maximum atomic E-state index is 12.2. The molecule has 1 rings (SSSR count). The van der Waals surface area contributed by atoms with E-state index in [4.69, 9.17) is 5.73 Å². The highest BCUT2D eigenvalue weighted by molar-refractivity contribution is 5.04. The van der Waals surface area contributed by atoms with Crippen LogP contribution in [0, 0.1) is 11.8 Å². The summed E-state index contributed by atoms with van der Waals surface area (Å²) in [6.07, 6.45) is -0.810. The smallest absolute Gasteiger partial charge is 0.327 e. The van der Waals surface area contributed by atoms with Crippen molar-refractivity contribution in [3.05, 3.63) is 12.2 Å². The standard InChI is InChI=1S/C8H12F3N/c1-5-3-2-4-6(7(5)12)8(9,10)11/h2,4-7H,3,12H2,1H3. The van der Waals surface area contributed by atoms with Crippen molar-refractivity contribution in [1.82, 2.24) is 0 Å². The summed E-state index contributed by atoms with van der Waals surface area (Å²) in [4.78, 5) is 0. The molecule has 2 N–H and O–H groups in total. The molecule has 0 saturated carbocycles. The predicted molar refractivity (Wildman–Crippen MR) is 40.4 cm³/mol. The Balaban J connectivity index is 2.77. The Labute approximate surface area is 69.4 Å². The summed E-state index contributed by atoms with van der Waals surface area (Å²) < 4.78 is 36.7. The van der Waals surface area contributed by atoms with Crippen molar-refractivity contribution in [2.45, 2.75) is 25.6 Å². The summed E-state index contributed by atoms with van der Waals surface area (Å²) >= 11 is 0. The van der Waals surface area contributed by atoms with E-state index >= 15 is 0 Å². The monoisotopic (exact) mass is 179 g/mol. The quantitative estimate of drug-likeness (QED) is 0.566. The second kappa shape index (κ2) is 3.09. The van der Waals surface area contributed by atoms with Gasteiger partial charge in [0.15, 0.2) is 0 Å². The van der Waals surface area contributed by atoms with Crippen LogP contribution < -0.4 is 5.73 Å². The first-order valence-electron chi connectivity index (χ1n) is 3.92. The molecule has 70 valence electrons. The molecule has 0 aliphatic heterocycles. The molecule has 0 amide bonds. The van der Waals surface area contributed by atoms with Crippen LogP contribution in [0.5, 0.6) is 0 Å². The van der Waals surface area contributed by atoms with Gasteiger partial charge in [0.05, 0.1) is 5.92 Å². The van der Waals surface area contributed by atoms with Crippen LogP contribution in [-0.4, -0.2) is 12.2 Å². The second-order valence-electron chi connectivity index (χ2n) is 3.29. The fourth-order valence-electron chi connectivity index (χ4n) is 1.41. The molecule has 12 heavy (non-hydrogen) atoms. The summed E-state index contributed by atoms with van der Waals surface area (Å²) in [7, 11) is 0. The van der Waals surface area contributed by atoms with Gasteiger partial charge in [-0.1, -0.05) is 19.1 Å². The van der Waals surface area contributed by atoms with E-state index in [2.05, 4.69) is 0 Å². The molecule has 0 bridgehead atoms. The van der Waals surface area contributed by atoms with Gasteiger partial charge >= 0.3 is 6.18 Å². The SMILES string of the molecule is CC1CC=CC(C(F)(F)F)C1N. The zero-order valence-electron chi connectivity index (χ0n) is 6.81. The Bertz CT molecular complexity index is 185. The highest BCUT2D eigenvalue weighted by atomic mass is 19.4.